The molecule has 14 heavy (non-hydrogen) atoms. The van der Waals surface area contributed by atoms with Gasteiger partial charge in [-0.05, 0) is 53.1 Å². The van der Waals surface area contributed by atoms with Crippen LogP contribution in [0.1, 0.15) is 40.5 Å². The normalized spacial score (nSPS) is 29.6. The van der Waals surface area contributed by atoms with Gasteiger partial charge in [-0.15, -0.1) is 0 Å². The van der Waals surface area contributed by atoms with E-state index in [1.165, 1.54) is 25.9 Å². The second-order valence-electron chi connectivity index (χ2n) is 5.73. The van der Waals surface area contributed by atoms with Crippen molar-refractivity contribution in [3.8, 4) is 0 Å². The van der Waals surface area contributed by atoms with E-state index >= 15 is 0 Å². The SMILES string of the molecule is CC1CCCNC1CN(C)C(C)(C)C. The summed E-state index contributed by atoms with van der Waals surface area (Å²) >= 11 is 0. The Morgan fingerprint density at radius 2 is 2.00 bits per heavy atom. The van der Waals surface area contributed by atoms with Crippen LogP contribution < -0.4 is 5.32 Å². The summed E-state index contributed by atoms with van der Waals surface area (Å²) < 4.78 is 0. The second-order valence-corrected chi connectivity index (χ2v) is 5.73. The lowest BCUT2D eigenvalue weighted by atomic mass is 9.91. The first kappa shape index (κ1) is 12.0. The Labute approximate surface area is 89.1 Å². The lowest BCUT2D eigenvalue weighted by Crippen LogP contribution is -2.51. The molecule has 0 aromatic heterocycles. The first-order valence-electron chi connectivity index (χ1n) is 5.86. The lowest BCUT2D eigenvalue weighted by molar-refractivity contribution is 0.132. The summed E-state index contributed by atoms with van der Waals surface area (Å²) in [5.41, 5.74) is 0.291. The van der Waals surface area contributed by atoms with Gasteiger partial charge in [-0.1, -0.05) is 6.92 Å². The average molecular weight is 198 g/mol. The number of hydrogen-bond acceptors (Lipinski definition) is 2. The summed E-state index contributed by atoms with van der Waals surface area (Å²) in [7, 11) is 2.23. The monoisotopic (exact) mass is 198 g/mol. The minimum atomic E-state index is 0.291. The minimum absolute atomic E-state index is 0.291. The van der Waals surface area contributed by atoms with Crippen molar-refractivity contribution in [1.82, 2.24) is 10.2 Å². The predicted molar refractivity (Wildman–Crippen MR) is 62.6 cm³/mol. The van der Waals surface area contributed by atoms with Gasteiger partial charge in [0, 0.05) is 18.1 Å². The van der Waals surface area contributed by atoms with Gasteiger partial charge in [0.1, 0.15) is 0 Å². The zero-order chi connectivity index (χ0) is 10.8. The molecule has 0 aliphatic carbocycles. The number of rotatable bonds is 2. The minimum Gasteiger partial charge on any atom is -0.312 e. The predicted octanol–water partition coefficient (Wildman–Crippen LogP) is 2.10. The maximum atomic E-state index is 3.63. The van der Waals surface area contributed by atoms with Crippen LogP contribution in [0.5, 0.6) is 0 Å². The van der Waals surface area contributed by atoms with Gasteiger partial charge in [0.15, 0.2) is 0 Å². The molecule has 1 fully saturated rings. The Morgan fingerprint density at radius 3 is 2.50 bits per heavy atom. The molecule has 1 heterocycles. The first-order chi connectivity index (χ1) is 6.41. The molecule has 0 spiro atoms. The smallest absolute Gasteiger partial charge is 0.0220 e. The van der Waals surface area contributed by atoms with Gasteiger partial charge in [0.05, 0.1) is 0 Å². The number of likely N-dealkylation sites (N-methyl/N-ethyl adjacent to an activating group) is 1. The third kappa shape index (κ3) is 3.25. The Morgan fingerprint density at radius 1 is 1.36 bits per heavy atom. The molecular formula is C12H26N2. The van der Waals surface area contributed by atoms with E-state index < -0.39 is 0 Å². The molecule has 1 rings (SSSR count). The summed E-state index contributed by atoms with van der Waals surface area (Å²) in [6.07, 6.45) is 2.73. The number of nitrogens with zero attached hydrogens (tertiary/aromatic N) is 1. The zero-order valence-corrected chi connectivity index (χ0v) is 10.4. The molecule has 2 atom stereocenters. The average Bonchev–Trinajstić information content (AvgIpc) is 2.07. The van der Waals surface area contributed by atoms with Crippen LogP contribution in [0.4, 0.5) is 0 Å². The van der Waals surface area contributed by atoms with E-state index in [0.717, 1.165) is 5.92 Å². The van der Waals surface area contributed by atoms with Gasteiger partial charge in [-0.25, -0.2) is 0 Å². The van der Waals surface area contributed by atoms with E-state index in [0.29, 0.717) is 11.6 Å². The highest BCUT2D eigenvalue weighted by atomic mass is 15.2. The summed E-state index contributed by atoms with van der Waals surface area (Å²) in [4.78, 5) is 2.45. The summed E-state index contributed by atoms with van der Waals surface area (Å²) in [5, 5.41) is 3.63. The fourth-order valence-corrected chi connectivity index (χ4v) is 1.93. The molecular weight excluding hydrogens is 172 g/mol. The molecule has 2 unspecified atom stereocenters. The fourth-order valence-electron chi connectivity index (χ4n) is 1.93. The molecule has 1 aliphatic heterocycles. The van der Waals surface area contributed by atoms with E-state index in [4.69, 9.17) is 0 Å². The van der Waals surface area contributed by atoms with Gasteiger partial charge < -0.3 is 5.32 Å². The van der Waals surface area contributed by atoms with Crippen molar-refractivity contribution < 1.29 is 0 Å². The molecule has 1 aliphatic rings. The molecule has 0 bridgehead atoms. The Kier molecular flexibility index (Phi) is 3.96. The van der Waals surface area contributed by atoms with E-state index in [-0.39, 0.29) is 0 Å². The zero-order valence-electron chi connectivity index (χ0n) is 10.4. The van der Waals surface area contributed by atoms with Crippen LogP contribution in [0, 0.1) is 5.92 Å². The third-order valence-corrected chi connectivity index (χ3v) is 3.55. The number of nitrogens with one attached hydrogen (secondary N) is 1. The van der Waals surface area contributed by atoms with Gasteiger partial charge in [0.25, 0.3) is 0 Å². The van der Waals surface area contributed by atoms with Gasteiger partial charge >= 0.3 is 0 Å². The van der Waals surface area contributed by atoms with Crippen LogP contribution in [-0.2, 0) is 0 Å². The summed E-state index contributed by atoms with van der Waals surface area (Å²) in [5.74, 6) is 0.827. The highest BCUT2D eigenvalue weighted by Gasteiger charge is 2.25. The van der Waals surface area contributed by atoms with Crippen LogP contribution in [-0.4, -0.2) is 36.6 Å². The van der Waals surface area contributed by atoms with Crippen LogP contribution in [0.15, 0.2) is 0 Å². The van der Waals surface area contributed by atoms with Crippen molar-refractivity contribution in [3.63, 3.8) is 0 Å². The Balaban J connectivity index is 2.42. The third-order valence-electron chi connectivity index (χ3n) is 3.55. The molecule has 2 nitrogen and oxygen atoms in total. The summed E-state index contributed by atoms with van der Waals surface area (Å²) in [6.45, 7) is 11.6. The van der Waals surface area contributed by atoms with Crippen molar-refractivity contribution in [2.75, 3.05) is 20.1 Å². The van der Waals surface area contributed by atoms with E-state index in [1.807, 2.05) is 0 Å². The Hall–Kier alpha value is -0.0800. The van der Waals surface area contributed by atoms with Crippen LogP contribution in [0.25, 0.3) is 0 Å². The van der Waals surface area contributed by atoms with Gasteiger partial charge in [0.2, 0.25) is 0 Å². The Bertz CT molecular complexity index is 172. The maximum Gasteiger partial charge on any atom is 0.0220 e. The molecule has 0 aromatic carbocycles. The molecule has 0 saturated carbocycles. The number of hydrogen-bond donors (Lipinski definition) is 1. The van der Waals surface area contributed by atoms with Crippen molar-refractivity contribution in [3.05, 3.63) is 0 Å². The van der Waals surface area contributed by atoms with Crippen molar-refractivity contribution in [2.24, 2.45) is 5.92 Å². The lowest BCUT2D eigenvalue weighted by Gasteiger charge is -2.38. The second kappa shape index (κ2) is 4.63. The molecule has 0 radical (unpaired) electrons. The molecule has 0 amide bonds. The van der Waals surface area contributed by atoms with E-state index in [9.17, 15) is 0 Å². The van der Waals surface area contributed by atoms with E-state index in [1.54, 1.807) is 0 Å². The summed E-state index contributed by atoms with van der Waals surface area (Å²) in [6, 6.07) is 0.688. The first-order valence-corrected chi connectivity index (χ1v) is 5.86. The topological polar surface area (TPSA) is 15.3 Å². The quantitative estimate of drug-likeness (QED) is 0.731. The van der Waals surface area contributed by atoms with Crippen molar-refractivity contribution >= 4 is 0 Å². The molecule has 1 saturated heterocycles. The fraction of sp³-hybridized carbons (Fsp3) is 1.00. The maximum absolute atomic E-state index is 3.63. The standard InChI is InChI=1S/C12H26N2/c1-10-7-6-8-13-11(10)9-14(5)12(2,3)4/h10-11,13H,6-9H2,1-5H3. The van der Waals surface area contributed by atoms with Crippen molar-refractivity contribution in [1.29, 1.82) is 0 Å². The van der Waals surface area contributed by atoms with Crippen LogP contribution >= 0.6 is 0 Å². The van der Waals surface area contributed by atoms with Gasteiger partial charge in [-0.3, -0.25) is 4.90 Å². The molecule has 1 N–H and O–H groups in total. The van der Waals surface area contributed by atoms with Gasteiger partial charge in [-0.2, -0.15) is 0 Å². The highest BCUT2D eigenvalue weighted by molar-refractivity contribution is 4.84. The molecule has 0 aromatic rings. The van der Waals surface area contributed by atoms with Crippen LogP contribution in [0.2, 0.25) is 0 Å². The number of piperidine rings is 1. The van der Waals surface area contributed by atoms with Crippen molar-refractivity contribution in [2.45, 2.75) is 52.1 Å². The molecule has 84 valence electrons. The molecule has 2 heteroatoms. The largest absolute Gasteiger partial charge is 0.312 e. The van der Waals surface area contributed by atoms with Crippen LogP contribution in [0.3, 0.4) is 0 Å². The highest BCUT2D eigenvalue weighted by Crippen LogP contribution is 2.19. The van der Waals surface area contributed by atoms with E-state index in [2.05, 4.69) is 45.0 Å².